The Morgan fingerprint density at radius 3 is 2.14 bits per heavy atom. The van der Waals surface area contributed by atoms with Gasteiger partial charge in [-0.2, -0.15) is 15.5 Å². The van der Waals surface area contributed by atoms with Crippen molar-refractivity contribution in [1.82, 2.24) is 9.97 Å². The van der Waals surface area contributed by atoms with Gasteiger partial charge >= 0.3 is 0 Å². The van der Waals surface area contributed by atoms with Gasteiger partial charge in [0.15, 0.2) is 5.65 Å². The van der Waals surface area contributed by atoms with Crippen LogP contribution in [-0.4, -0.2) is 42.8 Å². The number of benzene rings is 2. The van der Waals surface area contributed by atoms with Gasteiger partial charge in [-0.25, -0.2) is 4.98 Å². The number of pyridine rings is 2. The molecule has 0 aliphatic carbocycles. The first-order valence-electron chi connectivity index (χ1n) is 11.7. The van der Waals surface area contributed by atoms with Crippen LogP contribution < -0.4 is 14.5 Å². The Labute approximate surface area is 204 Å². The largest absolute Gasteiger partial charge is 0.477 e. The molecule has 1 fully saturated rings. The molecule has 5 rings (SSSR count). The van der Waals surface area contributed by atoms with E-state index in [0.717, 1.165) is 31.7 Å². The minimum Gasteiger partial charge on any atom is -0.477 e. The van der Waals surface area contributed by atoms with Crippen molar-refractivity contribution in [3.63, 3.8) is 0 Å². The molecule has 0 N–H and O–H groups in total. The second-order valence-electron chi connectivity index (χ2n) is 8.23. The smallest absolute Gasteiger partial charge is 0.234 e. The summed E-state index contributed by atoms with van der Waals surface area (Å²) >= 11 is 0. The molecule has 172 valence electrons. The van der Waals surface area contributed by atoms with Crippen LogP contribution >= 0.6 is 0 Å². The molecule has 2 aromatic carbocycles. The highest BCUT2D eigenvalue weighted by molar-refractivity contribution is 5.98. The Kier molecular flexibility index (Phi) is 6.15. The van der Waals surface area contributed by atoms with Crippen molar-refractivity contribution >= 4 is 22.5 Å². The van der Waals surface area contributed by atoms with Crippen LogP contribution in [0.5, 0.6) is 5.88 Å². The number of hydrogen-bond acceptors (Lipinski definition) is 7. The number of ether oxygens (including phenoxy) is 1. The van der Waals surface area contributed by atoms with Gasteiger partial charge in [0.2, 0.25) is 5.88 Å². The van der Waals surface area contributed by atoms with Gasteiger partial charge in [0, 0.05) is 42.8 Å². The number of nitrogens with zero attached hydrogens (tertiary/aromatic N) is 6. The lowest BCUT2D eigenvalue weighted by Gasteiger charge is -2.37. The molecule has 0 radical (unpaired) electrons. The van der Waals surface area contributed by atoms with Gasteiger partial charge in [0.05, 0.1) is 12.2 Å². The highest BCUT2D eigenvalue weighted by Gasteiger charge is 2.24. The van der Waals surface area contributed by atoms with E-state index >= 15 is 0 Å². The Morgan fingerprint density at radius 2 is 1.51 bits per heavy atom. The van der Waals surface area contributed by atoms with Gasteiger partial charge in [0.25, 0.3) is 0 Å². The van der Waals surface area contributed by atoms with Crippen LogP contribution in [0, 0.1) is 22.7 Å². The molecule has 0 bridgehead atoms. The zero-order chi connectivity index (χ0) is 24.2. The van der Waals surface area contributed by atoms with E-state index in [-0.39, 0.29) is 5.88 Å². The van der Waals surface area contributed by atoms with Crippen LogP contribution in [0.2, 0.25) is 0 Å². The summed E-state index contributed by atoms with van der Waals surface area (Å²) in [4.78, 5) is 13.9. The van der Waals surface area contributed by atoms with E-state index in [1.54, 1.807) is 0 Å². The Hall–Kier alpha value is -4.62. The quantitative estimate of drug-likeness (QED) is 0.424. The van der Waals surface area contributed by atoms with Gasteiger partial charge < -0.3 is 14.5 Å². The number of nitriles is 2. The fourth-order valence-corrected chi connectivity index (χ4v) is 4.55. The van der Waals surface area contributed by atoms with E-state index < -0.39 is 0 Å². The highest BCUT2D eigenvalue weighted by atomic mass is 16.5. The van der Waals surface area contributed by atoms with Crippen LogP contribution in [0.25, 0.3) is 22.2 Å². The zero-order valence-corrected chi connectivity index (χ0v) is 19.5. The van der Waals surface area contributed by atoms with E-state index in [1.165, 1.54) is 5.69 Å². The predicted octanol–water partition coefficient (Wildman–Crippen LogP) is 4.77. The number of aromatic nitrogens is 2. The van der Waals surface area contributed by atoms with Crippen molar-refractivity contribution in [2.45, 2.75) is 6.92 Å². The monoisotopic (exact) mass is 460 g/mol. The molecule has 0 atom stereocenters. The molecule has 0 spiro atoms. The lowest BCUT2D eigenvalue weighted by Crippen LogP contribution is -2.47. The van der Waals surface area contributed by atoms with E-state index in [9.17, 15) is 10.5 Å². The van der Waals surface area contributed by atoms with E-state index in [0.29, 0.717) is 40.1 Å². The van der Waals surface area contributed by atoms with Crippen molar-refractivity contribution in [3.8, 4) is 29.1 Å². The number of rotatable bonds is 5. The topological polar surface area (TPSA) is 89.1 Å². The number of piperazine rings is 1. The predicted molar refractivity (Wildman–Crippen MR) is 136 cm³/mol. The second kappa shape index (κ2) is 9.70. The summed E-state index contributed by atoms with van der Waals surface area (Å²) in [5, 5.41) is 20.7. The van der Waals surface area contributed by atoms with Crippen molar-refractivity contribution in [3.05, 3.63) is 77.9 Å². The molecular weight excluding hydrogens is 436 g/mol. The lowest BCUT2D eigenvalue weighted by molar-refractivity contribution is 0.327. The summed E-state index contributed by atoms with van der Waals surface area (Å²) in [6.07, 6.45) is 0. The van der Waals surface area contributed by atoms with Crippen LogP contribution in [-0.2, 0) is 0 Å². The van der Waals surface area contributed by atoms with Gasteiger partial charge in [-0.15, -0.1) is 0 Å². The van der Waals surface area contributed by atoms with Crippen LogP contribution in [0.4, 0.5) is 11.5 Å². The third-order valence-corrected chi connectivity index (χ3v) is 6.20. The first kappa shape index (κ1) is 22.2. The number of anilines is 2. The molecule has 0 amide bonds. The standard InChI is InChI=1S/C28H24N6O/c1-2-35-28-24(19-30)25(20-9-5-3-6-10-20)23-17-21(18-29)27(31-26(23)32-28)34-15-13-33(14-16-34)22-11-7-4-8-12-22/h3-12,17H,2,13-16H2,1H3. The maximum absolute atomic E-state index is 10.0. The van der Waals surface area contributed by atoms with E-state index in [2.05, 4.69) is 39.1 Å². The fourth-order valence-electron chi connectivity index (χ4n) is 4.55. The summed E-state index contributed by atoms with van der Waals surface area (Å²) < 4.78 is 5.74. The maximum Gasteiger partial charge on any atom is 0.234 e. The summed E-state index contributed by atoms with van der Waals surface area (Å²) in [6.45, 7) is 5.37. The lowest BCUT2D eigenvalue weighted by atomic mass is 9.97. The summed E-state index contributed by atoms with van der Waals surface area (Å²) in [6, 6.07) is 26.4. The Morgan fingerprint density at radius 1 is 0.857 bits per heavy atom. The molecule has 35 heavy (non-hydrogen) atoms. The van der Waals surface area contributed by atoms with Crippen LogP contribution in [0.1, 0.15) is 18.1 Å². The first-order valence-corrected chi connectivity index (χ1v) is 11.7. The maximum atomic E-state index is 10.0. The van der Waals surface area contributed by atoms with Crippen molar-refractivity contribution in [2.75, 3.05) is 42.6 Å². The summed E-state index contributed by atoms with van der Waals surface area (Å²) in [5.41, 5.74) is 4.01. The van der Waals surface area contributed by atoms with Crippen molar-refractivity contribution in [1.29, 1.82) is 10.5 Å². The van der Waals surface area contributed by atoms with E-state index in [1.807, 2.05) is 61.5 Å². The molecule has 1 aliphatic heterocycles. The number of hydrogen-bond donors (Lipinski definition) is 0. The zero-order valence-electron chi connectivity index (χ0n) is 19.5. The highest BCUT2D eigenvalue weighted by Crippen LogP contribution is 2.37. The second-order valence-corrected chi connectivity index (χ2v) is 8.23. The van der Waals surface area contributed by atoms with Gasteiger partial charge in [-0.05, 0) is 30.7 Å². The fraction of sp³-hybridized carbons (Fsp3) is 0.214. The molecule has 1 saturated heterocycles. The van der Waals surface area contributed by atoms with Crippen molar-refractivity contribution in [2.24, 2.45) is 0 Å². The SMILES string of the molecule is CCOc1nc2nc(N3CCN(c4ccccc4)CC3)c(C#N)cc2c(-c2ccccc2)c1C#N. The molecule has 3 heterocycles. The average molecular weight is 461 g/mol. The molecular formula is C28H24N6O. The minimum atomic E-state index is 0.262. The minimum absolute atomic E-state index is 0.262. The molecule has 0 unspecified atom stereocenters. The molecule has 7 heteroatoms. The van der Waals surface area contributed by atoms with Gasteiger partial charge in [0.1, 0.15) is 23.5 Å². The number of fused-ring (bicyclic) bond motifs is 1. The Balaban J connectivity index is 1.60. The normalized spacial score (nSPS) is 13.3. The van der Waals surface area contributed by atoms with Crippen molar-refractivity contribution < 1.29 is 4.74 Å². The molecule has 0 saturated carbocycles. The van der Waals surface area contributed by atoms with Crippen LogP contribution in [0.3, 0.4) is 0 Å². The van der Waals surface area contributed by atoms with Crippen LogP contribution in [0.15, 0.2) is 66.7 Å². The third kappa shape index (κ3) is 4.20. The molecule has 2 aromatic heterocycles. The molecule has 1 aliphatic rings. The number of para-hydroxylation sites is 1. The third-order valence-electron chi connectivity index (χ3n) is 6.20. The molecule has 4 aromatic rings. The molecule has 7 nitrogen and oxygen atoms in total. The Bertz CT molecular complexity index is 1430. The first-order chi connectivity index (χ1) is 17.2. The van der Waals surface area contributed by atoms with E-state index in [4.69, 9.17) is 9.72 Å². The van der Waals surface area contributed by atoms with Gasteiger partial charge in [-0.3, -0.25) is 0 Å². The summed E-state index contributed by atoms with van der Waals surface area (Å²) in [7, 11) is 0. The summed E-state index contributed by atoms with van der Waals surface area (Å²) in [5.74, 6) is 0.879. The van der Waals surface area contributed by atoms with Gasteiger partial charge in [-0.1, -0.05) is 48.5 Å². The average Bonchev–Trinajstić information content (AvgIpc) is 2.93.